The zero-order chi connectivity index (χ0) is 15.4. The number of nitrogens with one attached hydrogen (secondary N) is 1. The number of hydrogen-bond donors (Lipinski definition) is 2. The van der Waals surface area contributed by atoms with Gasteiger partial charge in [-0.1, -0.05) is 30.3 Å². The molecule has 0 aliphatic rings. The van der Waals surface area contributed by atoms with Crippen molar-refractivity contribution in [2.75, 3.05) is 7.11 Å². The molecule has 1 atom stereocenters. The van der Waals surface area contributed by atoms with Crippen molar-refractivity contribution in [3.63, 3.8) is 0 Å². The smallest absolute Gasteiger partial charge is 0.305 e. The van der Waals surface area contributed by atoms with Gasteiger partial charge in [-0.3, -0.25) is 9.59 Å². The highest BCUT2D eigenvalue weighted by Crippen LogP contribution is 2.34. The summed E-state index contributed by atoms with van der Waals surface area (Å²) in [6.45, 7) is 1.37. The lowest BCUT2D eigenvalue weighted by atomic mass is 9.95. The van der Waals surface area contributed by atoms with E-state index >= 15 is 0 Å². The number of methoxy groups -OCH3 is 1. The van der Waals surface area contributed by atoms with Gasteiger partial charge in [-0.05, 0) is 16.8 Å². The minimum absolute atomic E-state index is 0.204. The monoisotopic (exact) mass is 287 g/mol. The number of amides is 1. The first-order valence-electron chi connectivity index (χ1n) is 6.57. The van der Waals surface area contributed by atoms with Crippen molar-refractivity contribution in [2.24, 2.45) is 0 Å². The summed E-state index contributed by atoms with van der Waals surface area (Å²) in [6, 6.07) is 10.7. The van der Waals surface area contributed by atoms with Crippen LogP contribution in [-0.2, 0) is 9.59 Å². The van der Waals surface area contributed by atoms with Crippen LogP contribution in [0, 0.1) is 0 Å². The zero-order valence-corrected chi connectivity index (χ0v) is 11.9. The summed E-state index contributed by atoms with van der Waals surface area (Å²) in [5.41, 5.74) is 0.688. The molecular weight excluding hydrogens is 270 g/mol. The van der Waals surface area contributed by atoms with E-state index in [1.54, 1.807) is 6.07 Å². The third-order valence-electron chi connectivity index (χ3n) is 3.26. The molecule has 0 aliphatic carbocycles. The summed E-state index contributed by atoms with van der Waals surface area (Å²) in [4.78, 5) is 22.5. The van der Waals surface area contributed by atoms with E-state index in [-0.39, 0.29) is 12.3 Å². The van der Waals surface area contributed by atoms with E-state index in [2.05, 4.69) is 5.32 Å². The Morgan fingerprint density at radius 2 is 1.95 bits per heavy atom. The van der Waals surface area contributed by atoms with Crippen molar-refractivity contribution in [2.45, 2.75) is 19.4 Å². The molecule has 110 valence electrons. The van der Waals surface area contributed by atoms with Crippen LogP contribution in [0.4, 0.5) is 0 Å². The number of aliphatic carboxylic acids is 1. The third-order valence-corrected chi connectivity index (χ3v) is 3.26. The number of hydrogen-bond acceptors (Lipinski definition) is 3. The van der Waals surface area contributed by atoms with Gasteiger partial charge in [-0.15, -0.1) is 0 Å². The number of benzene rings is 2. The highest BCUT2D eigenvalue weighted by molar-refractivity contribution is 5.89. The van der Waals surface area contributed by atoms with Crippen molar-refractivity contribution in [1.29, 1.82) is 0 Å². The van der Waals surface area contributed by atoms with E-state index in [1.807, 2.05) is 30.3 Å². The Kier molecular flexibility index (Phi) is 4.42. The molecule has 0 aromatic heterocycles. The maximum absolute atomic E-state index is 11.4. The van der Waals surface area contributed by atoms with E-state index < -0.39 is 12.0 Å². The number of fused-ring (bicyclic) bond motifs is 1. The molecule has 2 N–H and O–H groups in total. The van der Waals surface area contributed by atoms with Gasteiger partial charge in [0.25, 0.3) is 0 Å². The van der Waals surface area contributed by atoms with Crippen molar-refractivity contribution in [3.05, 3.63) is 42.0 Å². The second-order valence-corrected chi connectivity index (χ2v) is 4.75. The first-order chi connectivity index (χ1) is 10.0. The lowest BCUT2D eigenvalue weighted by Crippen LogP contribution is -2.28. The van der Waals surface area contributed by atoms with Crippen LogP contribution in [0.5, 0.6) is 5.75 Å². The fourth-order valence-corrected chi connectivity index (χ4v) is 2.46. The normalized spacial score (nSPS) is 11.9. The van der Waals surface area contributed by atoms with Gasteiger partial charge in [-0.2, -0.15) is 0 Å². The van der Waals surface area contributed by atoms with Gasteiger partial charge in [0.15, 0.2) is 0 Å². The number of rotatable bonds is 5. The topological polar surface area (TPSA) is 75.6 Å². The van der Waals surface area contributed by atoms with E-state index in [0.717, 1.165) is 10.8 Å². The summed E-state index contributed by atoms with van der Waals surface area (Å²) in [6.07, 6.45) is -0.204. The molecule has 0 fully saturated rings. The van der Waals surface area contributed by atoms with Crippen molar-refractivity contribution in [1.82, 2.24) is 5.32 Å². The first kappa shape index (κ1) is 14.8. The van der Waals surface area contributed by atoms with Gasteiger partial charge in [0.05, 0.1) is 19.6 Å². The summed E-state index contributed by atoms with van der Waals surface area (Å²) in [5.74, 6) is -0.700. The molecule has 2 aromatic rings. The quantitative estimate of drug-likeness (QED) is 0.886. The predicted octanol–water partition coefficient (Wildman–Crippen LogP) is 2.50. The SMILES string of the molecule is COc1ccc2ccccc2c1[C@@H](CC(=O)O)NC(C)=O. The Balaban J connectivity index is 2.63. The fraction of sp³-hybridized carbons (Fsp3) is 0.250. The second kappa shape index (κ2) is 6.26. The Labute approximate surface area is 122 Å². The molecule has 0 saturated carbocycles. The highest BCUT2D eigenvalue weighted by atomic mass is 16.5. The molecule has 0 unspecified atom stereocenters. The number of carboxylic acids is 1. The Morgan fingerprint density at radius 1 is 1.24 bits per heavy atom. The summed E-state index contributed by atoms with van der Waals surface area (Å²) >= 11 is 0. The van der Waals surface area contributed by atoms with Gasteiger partial charge in [-0.25, -0.2) is 0 Å². The Bertz CT molecular complexity index is 665. The molecule has 5 heteroatoms. The first-order valence-corrected chi connectivity index (χ1v) is 6.57. The molecule has 0 saturated heterocycles. The highest BCUT2D eigenvalue weighted by Gasteiger charge is 2.22. The van der Waals surface area contributed by atoms with Gasteiger partial charge in [0, 0.05) is 12.5 Å². The van der Waals surface area contributed by atoms with Crippen LogP contribution in [0.15, 0.2) is 36.4 Å². The van der Waals surface area contributed by atoms with E-state index in [0.29, 0.717) is 11.3 Å². The lowest BCUT2D eigenvalue weighted by Gasteiger charge is -2.21. The maximum Gasteiger partial charge on any atom is 0.305 e. The molecule has 5 nitrogen and oxygen atoms in total. The Hall–Kier alpha value is -2.56. The zero-order valence-electron chi connectivity index (χ0n) is 11.9. The van der Waals surface area contributed by atoms with Gasteiger partial charge in [0.2, 0.25) is 5.91 Å². The molecule has 2 aromatic carbocycles. The van der Waals surface area contributed by atoms with Crippen molar-refractivity contribution < 1.29 is 19.4 Å². The molecule has 0 spiro atoms. The number of ether oxygens (including phenoxy) is 1. The maximum atomic E-state index is 11.4. The standard InChI is InChI=1S/C16H17NO4/c1-10(18)17-13(9-15(19)20)16-12-6-4-3-5-11(12)7-8-14(16)21-2/h3-8,13H,9H2,1-2H3,(H,17,18)(H,19,20)/t13-/m1/s1. The third kappa shape index (κ3) is 3.31. The van der Waals surface area contributed by atoms with Gasteiger partial charge < -0.3 is 15.2 Å². The van der Waals surface area contributed by atoms with Crippen LogP contribution in [0.1, 0.15) is 24.9 Å². The van der Waals surface area contributed by atoms with E-state index in [9.17, 15) is 9.59 Å². The molecule has 0 radical (unpaired) electrons. The lowest BCUT2D eigenvalue weighted by molar-refractivity contribution is -0.137. The molecule has 1 amide bonds. The average molecular weight is 287 g/mol. The van der Waals surface area contributed by atoms with Gasteiger partial charge >= 0.3 is 5.97 Å². The average Bonchev–Trinajstić information content (AvgIpc) is 2.44. The number of carboxylic acid groups (broad SMARTS) is 1. The Morgan fingerprint density at radius 3 is 2.57 bits per heavy atom. The van der Waals surface area contributed by atoms with Crippen LogP contribution in [0.25, 0.3) is 10.8 Å². The molecular formula is C16H17NO4. The second-order valence-electron chi connectivity index (χ2n) is 4.75. The van der Waals surface area contributed by atoms with Crippen LogP contribution < -0.4 is 10.1 Å². The number of carbonyl (C=O) groups is 2. The van der Waals surface area contributed by atoms with Crippen molar-refractivity contribution in [3.8, 4) is 5.75 Å². The van der Waals surface area contributed by atoms with E-state index in [1.165, 1.54) is 14.0 Å². The minimum Gasteiger partial charge on any atom is -0.496 e. The van der Waals surface area contributed by atoms with Crippen molar-refractivity contribution >= 4 is 22.6 Å². The van der Waals surface area contributed by atoms with Crippen LogP contribution >= 0.6 is 0 Å². The summed E-state index contributed by atoms with van der Waals surface area (Å²) in [7, 11) is 1.53. The fourth-order valence-electron chi connectivity index (χ4n) is 2.46. The molecule has 0 aliphatic heterocycles. The largest absolute Gasteiger partial charge is 0.496 e. The van der Waals surface area contributed by atoms with Crippen LogP contribution in [0.2, 0.25) is 0 Å². The molecule has 0 bridgehead atoms. The van der Waals surface area contributed by atoms with Crippen LogP contribution in [-0.4, -0.2) is 24.1 Å². The van der Waals surface area contributed by atoms with Gasteiger partial charge in [0.1, 0.15) is 5.75 Å². The summed E-state index contributed by atoms with van der Waals surface area (Å²) in [5, 5.41) is 13.6. The molecule has 0 heterocycles. The predicted molar refractivity (Wildman–Crippen MR) is 79.3 cm³/mol. The minimum atomic E-state index is -0.983. The summed E-state index contributed by atoms with van der Waals surface area (Å²) < 4.78 is 5.35. The molecule has 2 rings (SSSR count). The van der Waals surface area contributed by atoms with Crippen LogP contribution in [0.3, 0.4) is 0 Å². The number of carbonyl (C=O) groups excluding carboxylic acids is 1. The molecule has 21 heavy (non-hydrogen) atoms. The van der Waals surface area contributed by atoms with E-state index in [4.69, 9.17) is 9.84 Å².